The summed E-state index contributed by atoms with van der Waals surface area (Å²) in [6.07, 6.45) is 16.1. The zero-order valence-electron chi connectivity index (χ0n) is 13.5. The highest BCUT2D eigenvalue weighted by atomic mass is 15.2. The molecule has 4 heteroatoms. The Balaban J connectivity index is 1.97. The van der Waals surface area contributed by atoms with Gasteiger partial charge in [0.1, 0.15) is 0 Å². The molecule has 2 aliphatic rings. The lowest BCUT2D eigenvalue weighted by Gasteiger charge is -2.48. The van der Waals surface area contributed by atoms with Gasteiger partial charge in [-0.25, -0.2) is 0 Å². The van der Waals surface area contributed by atoms with E-state index < -0.39 is 0 Å². The number of rotatable bonds is 4. The fourth-order valence-electron chi connectivity index (χ4n) is 3.79. The van der Waals surface area contributed by atoms with Crippen molar-refractivity contribution in [3.63, 3.8) is 0 Å². The van der Waals surface area contributed by atoms with E-state index in [1.807, 2.05) is 0 Å². The number of hydrogen-bond donors (Lipinski definition) is 2. The van der Waals surface area contributed by atoms with Gasteiger partial charge < -0.3 is 10.6 Å². The zero-order chi connectivity index (χ0) is 15.0. The van der Waals surface area contributed by atoms with Crippen molar-refractivity contribution in [2.75, 3.05) is 33.2 Å². The maximum Gasteiger partial charge on any atom is 0.191 e. The lowest BCUT2D eigenvalue weighted by molar-refractivity contribution is 0.0368. The monoisotopic (exact) mass is 290 g/mol. The number of hydrogen-bond acceptors (Lipinski definition) is 2. The van der Waals surface area contributed by atoms with E-state index in [1.54, 1.807) is 7.05 Å². The summed E-state index contributed by atoms with van der Waals surface area (Å²) in [4.78, 5) is 7.01. The van der Waals surface area contributed by atoms with Crippen LogP contribution in [0.1, 0.15) is 51.4 Å². The van der Waals surface area contributed by atoms with Crippen LogP contribution in [0.2, 0.25) is 0 Å². The Labute approximate surface area is 129 Å². The van der Waals surface area contributed by atoms with Gasteiger partial charge in [0.2, 0.25) is 0 Å². The molecular formula is C17H30N4. The highest BCUT2D eigenvalue weighted by Crippen LogP contribution is 2.35. The standard InChI is InChI=1S/C17H30N4/c1-3-12-19-16(18-2)20-15-17(10-6-4-7-11-17)21-13-8-5-9-14-21/h1H,4-15H2,2H3,(H2,18,19,20). The second-order valence-corrected chi connectivity index (χ2v) is 6.32. The summed E-state index contributed by atoms with van der Waals surface area (Å²) >= 11 is 0. The smallest absolute Gasteiger partial charge is 0.191 e. The lowest BCUT2D eigenvalue weighted by Crippen LogP contribution is -2.59. The predicted octanol–water partition coefficient (Wildman–Crippen LogP) is 1.97. The first-order chi connectivity index (χ1) is 10.3. The predicted molar refractivity (Wildman–Crippen MR) is 89.4 cm³/mol. The van der Waals surface area contributed by atoms with Gasteiger partial charge in [0.25, 0.3) is 0 Å². The summed E-state index contributed by atoms with van der Waals surface area (Å²) < 4.78 is 0. The van der Waals surface area contributed by atoms with E-state index in [2.05, 4.69) is 26.4 Å². The van der Waals surface area contributed by atoms with Crippen molar-refractivity contribution in [1.29, 1.82) is 0 Å². The van der Waals surface area contributed by atoms with Gasteiger partial charge in [-0.2, -0.15) is 0 Å². The highest BCUT2D eigenvalue weighted by molar-refractivity contribution is 5.79. The van der Waals surface area contributed by atoms with Crippen LogP contribution in [0, 0.1) is 12.3 Å². The van der Waals surface area contributed by atoms with Crippen LogP contribution in [0.25, 0.3) is 0 Å². The summed E-state index contributed by atoms with van der Waals surface area (Å²) in [5, 5.41) is 6.68. The van der Waals surface area contributed by atoms with Crippen molar-refractivity contribution in [2.45, 2.75) is 56.9 Å². The van der Waals surface area contributed by atoms with Gasteiger partial charge >= 0.3 is 0 Å². The summed E-state index contributed by atoms with van der Waals surface area (Å²) in [6.45, 7) is 4.03. The van der Waals surface area contributed by atoms with Gasteiger partial charge in [0.05, 0.1) is 6.54 Å². The molecule has 0 bridgehead atoms. The van der Waals surface area contributed by atoms with Gasteiger partial charge in [-0.1, -0.05) is 31.6 Å². The highest BCUT2D eigenvalue weighted by Gasteiger charge is 2.38. The van der Waals surface area contributed by atoms with Crippen molar-refractivity contribution in [1.82, 2.24) is 15.5 Å². The second-order valence-electron chi connectivity index (χ2n) is 6.32. The third-order valence-corrected chi connectivity index (χ3v) is 4.98. The molecule has 1 aliphatic carbocycles. The van der Waals surface area contributed by atoms with Crippen LogP contribution in [0.4, 0.5) is 0 Å². The first-order valence-corrected chi connectivity index (χ1v) is 8.44. The quantitative estimate of drug-likeness (QED) is 0.472. The Morgan fingerprint density at radius 1 is 1.10 bits per heavy atom. The molecule has 1 saturated carbocycles. The molecule has 0 radical (unpaired) electrons. The number of nitrogens with zero attached hydrogens (tertiary/aromatic N) is 2. The first kappa shape index (κ1) is 16.2. The van der Waals surface area contributed by atoms with Crippen molar-refractivity contribution in [2.24, 2.45) is 4.99 Å². The molecule has 1 saturated heterocycles. The Kier molecular flexibility index (Phi) is 6.38. The normalized spacial score (nSPS) is 23.3. The van der Waals surface area contributed by atoms with Crippen LogP contribution in [0.15, 0.2) is 4.99 Å². The molecule has 4 nitrogen and oxygen atoms in total. The molecular weight excluding hydrogens is 260 g/mol. The third kappa shape index (κ3) is 4.38. The average molecular weight is 290 g/mol. The fourth-order valence-corrected chi connectivity index (χ4v) is 3.79. The topological polar surface area (TPSA) is 39.7 Å². The van der Waals surface area contributed by atoms with Crippen LogP contribution in [0.5, 0.6) is 0 Å². The molecule has 118 valence electrons. The zero-order valence-corrected chi connectivity index (χ0v) is 13.5. The van der Waals surface area contributed by atoms with Crippen molar-refractivity contribution in [3.8, 4) is 12.3 Å². The van der Waals surface area contributed by atoms with Crippen molar-refractivity contribution >= 4 is 5.96 Å². The third-order valence-electron chi connectivity index (χ3n) is 4.98. The minimum atomic E-state index is 0.326. The van der Waals surface area contributed by atoms with Gasteiger partial charge in [-0.05, 0) is 38.8 Å². The lowest BCUT2D eigenvalue weighted by atomic mass is 9.79. The Hall–Kier alpha value is -1.21. The Bertz CT molecular complexity index is 371. The molecule has 2 fully saturated rings. The maximum atomic E-state index is 5.31. The van der Waals surface area contributed by atoms with E-state index in [0.29, 0.717) is 12.1 Å². The summed E-state index contributed by atoms with van der Waals surface area (Å²) in [7, 11) is 1.81. The molecule has 21 heavy (non-hydrogen) atoms. The van der Waals surface area contributed by atoms with E-state index in [0.717, 1.165) is 12.5 Å². The van der Waals surface area contributed by atoms with E-state index in [1.165, 1.54) is 64.5 Å². The molecule has 0 amide bonds. The molecule has 0 atom stereocenters. The van der Waals surface area contributed by atoms with Crippen molar-refractivity contribution < 1.29 is 0 Å². The van der Waals surface area contributed by atoms with Crippen LogP contribution >= 0.6 is 0 Å². The minimum Gasteiger partial charge on any atom is -0.355 e. The minimum absolute atomic E-state index is 0.326. The van der Waals surface area contributed by atoms with Gasteiger partial charge in [0, 0.05) is 19.1 Å². The number of piperidine rings is 1. The fraction of sp³-hybridized carbons (Fsp3) is 0.824. The number of guanidine groups is 1. The summed E-state index contributed by atoms with van der Waals surface area (Å²) in [5.41, 5.74) is 0.326. The van der Waals surface area contributed by atoms with Gasteiger partial charge in [-0.15, -0.1) is 6.42 Å². The molecule has 0 spiro atoms. The molecule has 0 aromatic carbocycles. The molecule has 0 aromatic rings. The van der Waals surface area contributed by atoms with E-state index in [4.69, 9.17) is 6.42 Å². The number of nitrogens with one attached hydrogen (secondary N) is 2. The first-order valence-electron chi connectivity index (χ1n) is 8.44. The van der Waals surface area contributed by atoms with Crippen LogP contribution in [0.3, 0.4) is 0 Å². The maximum absolute atomic E-state index is 5.31. The van der Waals surface area contributed by atoms with E-state index in [-0.39, 0.29) is 0 Å². The number of terminal acetylenes is 1. The molecule has 1 heterocycles. The number of likely N-dealkylation sites (tertiary alicyclic amines) is 1. The van der Waals surface area contributed by atoms with Crippen LogP contribution < -0.4 is 10.6 Å². The molecule has 2 rings (SSSR count). The largest absolute Gasteiger partial charge is 0.355 e. The molecule has 0 unspecified atom stereocenters. The SMILES string of the molecule is C#CCNC(=NC)NCC1(N2CCCCC2)CCCCC1. The van der Waals surface area contributed by atoms with Gasteiger partial charge in [-0.3, -0.25) is 9.89 Å². The van der Waals surface area contributed by atoms with Crippen molar-refractivity contribution in [3.05, 3.63) is 0 Å². The molecule has 1 aliphatic heterocycles. The Morgan fingerprint density at radius 3 is 2.38 bits per heavy atom. The van der Waals surface area contributed by atoms with E-state index >= 15 is 0 Å². The second kappa shape index (κ2) is 8.29. The average Bonchev–Trinajstić information content (AvgIpc) is 2.57. The summed E-state index contributed by atoms with van der Waals surface area (Å²) in [5.74, 6) is 3.43. The molecule has 0 aromatic heterocycles. The van der Waals surface area contributed by atoms with Gasteiger partial charge in [0.15, 0.2) is 5.96 Å². The Morgan fingerprint density at radius 2 is 1.76 bits per heavy atom. The van der Waals surface area contributed by atoms with E-state index in [9.17, 15) is 0 Å². The summed E-state index contributed by atoms with van der Waals surface area (Å²) in [6, 6.07) is 0. The van der Waals surface area contributed by atoms with Crippen LogP contribution in [-0.4, -0.2) is 49.6 Å². The number of aliphatic imine (C=N–C) groups is 1. The molecule has 2 N–H and O–H groups in total. The van der Waals surface area contributed by atoms with Crippen LogP contribution in [-0.2, 0) is 0 Å².